The van der Waals surface area contributed by atoms with Crippen molar-refractivity contribution in [3.05, 3.63) is 40.5 Å². The van der Waals surface area contributed by atoms with Crippen molar-refractivity contribution in [3.63, 3.8) is 0 Å². The number of hydrogen-bond donors (Lipinski definition) is 1. The van der Waals surface area contributed by atoms with Crippen molar-refractivity contribution < 1.29 is 0 Å². The first kappa shape index (κ1) is 10.5. The third kappa shape index (κ3) is 1.73. The number of rotatable bonds is 1. The molecule has 4 nitrogen and oxygen atoms in total. The van der Waals surface area contributed by atoms with E-state index in [2.05, 4.69) is 5.10 Å². The quantitative estimate of drug-likeness (QED) is 0.820. The van der Waals surface area contributed by atoms with Crippen LogP contribution in [-0.2, 0) is 0 Å². The van der Waals surface area contributed by atoms with E-state index >= 15 is 0 Å². The fourth-order valence-corrected chi connectivity index (χ4v) is 1.72. The van der Waals surface area contributed by atoms with Crippen LogP contribution < -0.4 is 5.73 Å². The minimum absolute atomic E-state index is 0.453. The van der Waals surface area contributed by atoms with Crippen molar-refractivity contribution in [2.75, 3.05) is 5.73 Å². The molecule has 1 heterocycles. The van der Waals surface area contributed by atoms with Crippen LogP contribution in [0.3, 0.4) is 0 Å². The molecule has 0 saturated heterocycles. The summed E-state index contributed by atoms with van der Waals surface area (Å²) >= 11 is 6.06. The summed E-state index contributed by atoms with van der Waals surface area (Å²) in [5, 5.41) is 13.4. The first-order valence-electron chi connectivity index (χ1n) is 4.64. The van der Waals surface area contributed by atoms with Crippen LogP contribution in [0, 0.1) is 18.3 Å². The maximum Gasteiger partial charge on any atom is 0.127 e. The van der Waals surface area contributed by atoms with E-state index in [-0.39, 0.29) is 0 Å². The lowest BCUT2D eigenvalue weighted by Gasteiger charge is -2.06. The third-order valence-electron chi connectivity index (χ3n) is 2.16. The lowest BCUT2D eigenvalue weighted by molar-refractivity contribution is 0.872. The summed E-state index contributed by atoms with van der Waals surface area (Å²) in [6, 6.07) is 8.77. The first-order valence-corrected chi connectivity index (χ1v) is 5.02. The van der Waals surface area contributed by atoms with Gasteiger partial charge in [0.25, 0.3) is 0 Å². The largest absolute Gasteiger partial charge is 0.384 e. The Hall–Kier alpha value is -1.99. The van der Waals surface area contributed by atoms with Gasteiger partial charge in [0.05, 0.1) is 28.0 Å². The Morgan fingerprint density at radius 3 is 2.69 bits per heavy atom. The Labute approximate surface area is 97.9 Å². The Bertz CT molecular complexity index is 580. The average Bonchev–Trinajstić information content (AvgIpc) is 2.57. The van der Waals surface area contributed by atoms with Crippen molar-refractivity contribution in [2.24, 2.45) is 0 Å². The van der Waals surface area contributed by atoms with Crippen LogP contribution in [0.5, 0.6) is 0 Å². The molecule has 0 bridgehead atoms. The highest BCUT2D eigenvalue weighted by Gasteiger charge is 2.08. The molecule has 0 atom stereocenters. The number of nitrogens with two attached hydrogens (primary N) is 1. The van der Waals surface area contributed by atoms with Crippen LogP contribution in [0.1, 0.15) is 11.3 Å². The van der Waals surface area contributed by atoms with E-state index < -0.39 is 0 Å². The number of nitrogen functional groups attached to an aromatic ring is 1. The molecule has 1 aromatic carbocycles. The molecule has 2 rings (SSSR count). The summed E-state index contributed by atoms with van der Waals surface area (Å²) in [6.45, 7) is 1.85. The molecule has 0 radical (unpaired) electrons. The normalized spacial score (nSPS) is 10.1. The van der Waals surface area contributed by atoms with Crippen LogP contribution in [0.15, 0.2) is 24.3 Å². The van der Waals surface area contributed by atoms with Crippen LogP contribution >= 0.6 is 11.6 Å². The highest BCUT2D eigenvalue weighted by molar-refractivity contribution is 6.32. The highest BCUT2D eigenvalue weighted by Crippen LogP contribution is 2.23. The Kier molecular flexibility index (Phi) is 2.55. The number of nitrogens with zero attached hydrogens (tertiary/aromatic N) is 3. The van der Waals surface area contributed by atoms with E-state index in [1.54, 1.807) is 28.9 Å². The van der Waals surface area contributed by atoms with Crippen molar-refractivity contribution >= 4 is 17.4 Å². The summed E-state index contributed by atoms with van der Waals surface area (Å²) in [5.41, 5.74) is 7.79. The van der Waals surface area contributed by atoms with Crippen molar-refractivity contribution in [2.45, 2.75) is 6.92 Å². The second kappa shape index (κ2) is 3.87. The minimum Gasteiger partial charge on any atom is -0.384 e. The molecule has 80 valence electrons. The zero-order chi connectivity index (χ0) is 11.7. The van der Waals surface area contributed by atoms with Crippen molar-refractivity contribution in [1.82, 2.24) is 9.78 Å². The average molecular weight is 233 g/mol. The Morgan fingerprint density at radius 1 is 1.44 bits per heavy atom. The van der Waals surface area contributed by atoms with Gasteiger partial charge in [-0.15, -0.1) is 0 Å². The second-order valence-electron chi connectivity index (χ2n) is 3.40. The lowest BCUT2D eigenvalue weighted by Crippen LogP contribution is -2.02. The van der Waals surface area contributed by atoms with E-state index in [9.17, 15) is 0 Å². The van der Waals surface area contributed by atoms with Gasteiger partial charge in [-0.1, -0.05) is 11.6 Å². The molecule has 0 saturated carbocycles. The van der Waals surface area contributed by atoms with E-state index in [0.29, 0.717) is 22.1 Å². The molecule has 2 aromatic rings. The summed E-state index contributed by atoms with van der Waals surface area (Å²) in [4.78, 5) is 0. The molecular weight excluding hydrogens is 224 g/mol. The summed E-state index contributed by atoms with van der Waals surface area (Å²) in [5.74, 6) is 0.518. The number of aromatic nitrogens is 2. The SMILES string of the molecule is Cc1cc(N)n(-c2ccc(C#N)cc2Cl)n1. The molecule has 1 aromatic heterocycles. The third-order valence-corrected chi connectivity index (χ3v) is 2.47. The summed E-state index contributed by atoms with van der Waals surface area (Å²) < 4.78 is 1.55. The van der Waals surface area contributed by atoms with Crippen LogP contribution in [-0.4, -0.2) is 9.78 Å². The molecule has 0 spiro atoms. The molecular formula is C11H9ClN4. The Morgan fingerprint density at radius 2 is 2.19 bits per heavy atom. The lowest BCUT2D eigenvalue weighted by atomic mass is 10.2. The van der Waals surface area contributed by atoms with Crippen molar-refractivity contribution in [1.29, 1.82) is 5.26 Å². The smallest absolute Gasteiger partial charge is 0.127 e. The topological polar surface area (TPSA) is 67.6 Å². The van der Waals surface area contributed by atoms with E-state index in [0.717, 1.165) is 5.69 Å². The number of nitriles is 1. The van der Waals surface area contributed by atoms with Crippen LogP contribution in [0.4, 0.5) is 5.82 Å². The van der Waals surface area contributed by atoms with E-state index in [1.807, 2.05) is 13.0 Å². The van der Waals surface area contributed by atoms with E-state index in [1.165, 1.54) is 0 Å². The fraction of sp³-hybridized carbons (Fsp3) is 0.0909. The standard InChI is InChI=1S/C11H9ClN4/c1-7-4-11(14)16(15-7)10-3-2-8(6-13)5-9(10)12/h2-5H,14H2,1H3. The predicted octanol–water partition coefficient (Wildman–Crippen LogP) is 2.29. The van der Waals surface area contributed by atoms with Gasteiger partial charge in [0.15, 0.2) is 0 Å². The first-order chi connectivity index (χ1) is 7.61. The fourth-order valence-electron chi connectivity index (χ4n) is 1.46. The molecule has 16 heavy (non-hydrogen) atoms. The zero-order valence-electron chi connectivity index (χ0n) is 8.61. The number of hydrogen-bond acceptors (Lipinski definition) is 3. The van der Waals surface area contributed by atoms with Gasteiger partial charge in [0.1, 0.15) is 5.82 Å². The molecule has 5 heteroatoms. The maximum absolute atomic E-state index is 8.73. The van der Waals surface area contributed by atoms with Gasteiger partial charge in [-0.3, -0.25) is 0 Å². The molecule has 0 aliphatic carbocycles. The number of benzene rings is 1. The van der Waals surface area contributed by atoms with Crippen LogP contribution in [0.2, 0.25) is 5.02 Å². The summed E-state index contributed by atoms with van der Waals surface area (Å²) in [7, 11) is 0. The molecule has 0 aliphatic rings. The van der Waals surface area contributed by atoms with Crippen LogP contribution in [0.25, 0.3) is 5.69 Å². The van der Waals surface area contributed by atoms with Crippen molar-refractivity contribution in [3.8, 4) is 11.8 Å². The number of aryl methyl sites for hydroxylation is 1. The van der Waals surface area contributed by atoms with Gasteiger partial charge < -0.3 is 5.73 Å². The Balaban J connectivity index is 2.57. The maximum atomic E-state index is 8.73. The molecule has 2 N–H and O–H groups in total. The second-order valence-corrected chi connectivity index (χ2v) is 3.81. The minimum atomic E-state index is 0.453. The zero-order valence-corrected chi connectivity index (χ0v) is 9.36. The van der Waals surface area contributed by atoms with Gasteiger partial charge >= 0.3 is 0 Å². The van der Waals surface area contributed by atoms with Gasteiger partial charge in [0.2, 0.25) is 0 Å². The van der Waals surface area contributed by atoms with Gasteiger partial charge in [-0.2, -0.15) is 10.4 Å². The monoisotopic (exact) mass is 232 g/mol. The number of anilines is 1. The molecule has 0 unspecified atom stereocenters. The number of halogens is 1. The molecule has 0 fully saturated rings. The van der Waals surface area contributed by atoms with Gasteiger partial charge in [-0.05, 0) is 25.1 Å². The van der Waals surface area contributed by atoms with Gasteiger partial charge in [-0.25, -0.2) is 4.68 Å². The summed E-state index contributed by atoms with van der Waals surface area (Å²) in [6.07, 6.45) is 0. The highest BCUT2D eigenvalue weighted by atomic mass is 35.5. The predicted molar refractivity (Wildman–Crippen MR) is 62.4 cm³/mol. The molecule has 0 amide bonds. The molecule has 0 aliphatic heterocycles. The van der Waals surface area contributed by atoms with Gasteiger partial charge in [0, 0.05) is 6.07 Å². The van der Waals surface area contributed by atoms with E-state index in [4.69, 9.17) is 22.6 Å².